The van der Waals surface area contributed by atoms with E-state index in [2.05, 4.69) is 54.8 Å². The van der Waals surface area contributed by atoms with E-state index in [-0.39, 0.29) is 0 Å². The number of anilines is 1. The summed E-state index contributed by atoms with van der Waals surface area (Å²) in [7, 11) is 0. The summed E-state index contributed by atoms with van der Waals surface area (Å²) in [5, 5.41) is 8.13. The number of aromatic nitrogens is 4. The molecule has 0 amide bonds. The largest absolute Gasteiger partial charge is 0.382 e. The van der Waals surface area contributed by atoms with Crippen LogP contribution < -0.4 is 10.6 Å². The lowest BCUT2D eigenvalue weighted by Gasteiger charge is -2.13. The molecule has 0 spiro atoms. The van der Waals surface area contributed by atoms with Crippen LogP contribution in [0.4, 0.5) is 5.69 Å². The van der Waals surface area contributed by atoms with Gasteiger partial charge in [0, 0.05) is 29.2 Å². The molecule has 1 fully saturated rings. The monoisotopic (exact) mass is 384 g/mol. The Hall–Kier alpha value is -3.25. The number of pyridine rings is 2. The first-order valence-electron chi connectivity index (χ1n) is 10.1. The van der Waals surface area contributed by atoms with E-state index < -0.39 is 0 Å². The Balaban J connectivity index is 1.46. The molecule has 1 aliphatic heterocycles. The molecule has 146 valence electrons. The molecule has 1 aromatic carbocycles. The van der Waals surface area contributed by atoms with E-state index in [0.717, 1.165) is 58.0 Å². The van der Waals surface area contributed by atoms with Gasteiger partial charge in [0.15, 0.2) is 0 Å². The van der Waals surface area contributed by atoms with Crippen molar-refractivity contribution in [3.8, 4) is 22.6 Å². The van der Waals surface area contributed by atoms with E-state index >= 15 is 0 Å². The molecule has 0 bridgehead atoms. The van der Waals surface area contributed by atoms with Crippen LogP contribution in [0.1, 0.15) is 18.5 Å². The number of hydrogen-bond acceptors (Lipinski definition) is 5. The third-order valence-corrected chi connectivity index (χ3v) is 5.45. The van der Waals surface area contributed by atoms with Gasteiger partial charge in [0.25, 0.3) is 0 Å². The van der Waals surface area contributed by atoms with Crippen molar-refractivity contribution >= 4 is 16.6 Å². The lowest BCUT2D eigenvalue weighted by atomic mass is 10.0. The van der Waals surface area contributed by atoms with Gasteiger partial charge < -0.3 is 15.6 Å². The van der Waals surface area contributed by atoms with E-state index in [1.165, 1.54) is 12.8 Å². The van der Waals surface area contributed by atoms with Crippen LogP contribution >= 0.6 is 0 Å². The maximum absolute atomic E-state index is 4.64. The number of benzene rings is 1. The first-order chi connectivity index (χ1) is 14.3. The molecule has 0 radical (unpaired) electrons. The Morgan fingerprint density at radius 1 is 1.14 bits per heavy atom. The van der Waals surface area contributed by atoms with Crippen molar-refractivity contribution in [2.24, 2.45) is 0 Å². The van der Waals surface area contributed by atoms with Crippen LogP contribution in [0.2, 0.25) is 0 Å². The fourth-order valence-electron chi connectivity index (χ4n) is 3.94. The van der Waals surface area contributed by atoms with Gasteiger partial charge in [-0.1, -0.05) is 12.1 Å². The Morgan fingerprint density at radius 3 is 2.97 bits per heavy atom. The van der Waals surface area contributed by atoms with Crippen molar-refractivity contribution < 1.29 is 0 Å². The van der Waals surface area contributed by atoms with Crippen LogP contribution in [0, 0.1) is 6.92 Å². The molecule has 29 heavy (non-hydrogen) atoms. The summed E-state index contributed by atoms with van der Waals surface area (Å²) in [5.74, 6) is 0. The maximum atomic E-state index is 4.64. The second kappa shape index (κ2) is 7.64. The quantitative estimate of drug-likeness (QED) is 0.482. The van der Waals surface area contributed by atoms with Crippen LogP contribution in [0.15, 0.2) is 55.0 Å². The van der Waals surface area contributed by atoms with E-state index in [4.69, 9.17) is 0 Å². The molecule has 1 aliphatic rings. The maximum Gasteiger partial charge on any atom is 0.0977 e. The summed E-state index contributed by atoms with van der Waals surface area (Å²) in [5.41, 5.74) is 6.79. The second-order valence-electron chi connectivity index (χ2n) is 7.60. The van der Waals surface area contributed by atoms with Crippen LogP contribution in [0.3, 0.4) is 0 Å². The zero-order chi connectivity index (χ0) is 19.6. The van der Waals surface area contributed by atoms with E-state index in [9.17, 15) is 0 Å². The molecule has 0 aliphatic carbocycles. The number of H-pyrrole nitrogens is 1. The minimum absolute atomic E-state index is 0.547. The zero-order valence-electron chi connectivity index (χ0n) is 16.4. The van der Waals surface area contributed by atoms with Crippen LogP contribution in [-0.4, -0.2) is 39.1 Å². The summed E-state index contributed by atoms with van der Waals surface area (Å²) in [6, 6.07) is 15.0. The van der Waals surface area contributed by atoms with Crippen molar-refractivity contribution in [2.75, 3.05) is 18.4 Å². The minimum atomic E-state index is 0.547. The number of fused-ring (bicyclic) bond motifs is 1. The van der Waals surface area contributed by atoms with Crippen molar-refractivity contribution in [3.63, 3.8) is 0 Å². The molecule has 0 unspecified atom stereocenters. The summed E-state index contributed by atoms with van der Waals surface area (Å²) in [6.45, 7) is 4.04. The first-order valence-corrected chi connectivity index (χ1v) is 10.1. The normalized spacial score (nSPS) is 16.4. The van der Waals surface area contributed by atoms with Gasteiger partial charge in [-0.15, -0.1) is 0 Å². The molecule has 3 N–H and O–H groups in total. The molecule has 3 aromatic heterocycles. The first kappa shape index (κ1) is 17.8. The van der Waals surface area contributed by atoms with Crippen LogP contribution in [0.25, 0.3) is 33.5 Å². The molecule has 1 atom stereocenters. The highest BCUT2D eigenvalue weighted by Gasteiger charge is 2.14. The Bertz CT molecular complexity index is 1140. The van der Waals surface area contributed by atoms with Crippen molar-refractivity contribution in [2.45, 2.75) is 25.8 Å². The summed E-state index contributed by atoms with van der Waals surface area (Å²) in [6.07, 6.45) is 6.12. The highest BCUT2D eigenvalue weighted by atomic mass is 15.0. The van der Waals surface area contributed by atoms with Gasteiger partial charge in [-0.25, -0.2) is 4.98 Å². The molecular weight excluding hydrogens is 360 g/mol. The highest BCUT2D eigenvalue weighted by molar-refractivity contribution is 5.88. The minimum Gasteiger partial charge on any atom is -0.382 e. The van der Waals surface area contributed by atoms with Gasteiger partial charge in [-0.3, -0.25) is 9.97 Å². The zero-order valence-corrected chi connectivity index (χ0v) is 16.4. The lowest BCUT2D eigenvalue weighted by Crippen LogP contribution is -2.29. The highest BCUT2D eigenvalue weighted by Crippen LogP contribution is 2.30. The summed E-state index contributed by atoms with van der Waals surface area (Å²) in [4.78, 5) is 17.1. The third-order valence-electron chi connectivity index (χ3n) is 5.45. The number of nitrogens with zero attached hydrogens (tertiary/aromatic N) is 3. The SMILES string of the molecule is Cc1cccc(-c2[nH]cnc2-c2ccc3ncc(NC[C@@H]4CCCN4)cc3c2)n1. The Kier molecular flexibility index (Phi) is 4.69. The Labute approximate surface area is 169 Å². The molecular formula is C23H24N6. The Morgan fingerprint density at radius 2 is 2.10 bits per heavy atom. The molecule has 4 heterocycles. The predicted octanol–water partition coefficient (Wildman–Crippen LogP) is 4.16. The number of aromatic amines is 1. The van der Waals surface area contributed by atoms with Crippen LogP contribution in [0.5, 0.6) is 0 Å². The van der Waals surface area contributed by atoms with Crippen molar-refractivity contribution in [1.29, 1.82) is 0 Å². The van der Waals surface area contributed by atoms with Crippen LogP contribution in [-0.2, 0) is 0 Å². The molecule has 6 heteroatoms. The molecule has 6 nitrogen and oxygen atoms in total. The number of hydrogen-bond donors (Lipinski definition) is 3. The van der Waals surface area contributed by atoms with Gasteiger partial charge in [-0.05, 0) is 56.6 Å². The third kappa shape index (κ3) is 3.71. The van der Waals surface area contributed by atoms with E-state index in [1.807, 2.05) is 31.3 Å². The van der Waals surface area contributed by atoms with Gasteiger partial charge in [-0.2, -0.15) is 0 Å². The average Bonchev–Trinajstić information content (AvgIpc) is 3.44. The van der Waals surface area contributed by atoms with Crippen molar-refractivity contribution in [3.05, 3.63) is 60.7 Å². The molecule has 1 saturated heterocycles. The fourth-order valence-corrected chi connectivity index (χ4v) is 3.94. The summed E-state index contributed by atoms with van der Waals surface area (Å²) < 4.78 is 0. The average molecular weight is 384 g/mol. The van der Waals surface area contributed by atoms with E-state index in [0.29, 0.717) is 6.04 Å². The standard InChI is InChI=1S/C23H24N6/c1-15-4-2-6-21(29-15)23-22(27-14-28-23)16-7-8-20-17(10-16)11-19(13-26-20)25-12-18-5-3-9-24-18/h2,4,6-8,10-11,13-14,18,24-25H,3,5,9,12H2,1H3,(H,27,28)/t18-/m0/s1. The number of imidazole rings is 1. The smallest absolute Gasteiger partial charge is 0.0977 e. The summed E-state index contributed by atoms with van der Waals surface area (Å²) >= 11 is 0. The van der Waals surface area contributed by atoms with Gasteiger partial charge in [0.2, 0.25) is 0 Å². The van der Waals surface area contributed by atoms with Gasteiger partial charge in [0.1, 0.15) is 0 Å². The molecule has 5 rings (SSSR count). The van der Waals surface area contributed by atoms with E-state index in [1.54, 1.807) is 6.33 Å². The fraction of sp³-hybridized carbons (Fsp3) is 0.261. The second-order valence-corrected chi connectivity index (χ2v) is 7.60. The number of rotatable bonds is 5. The molecule has 4 aromatic rings. The lowest BCUT2D eigenvalue weighted by molar-refractivity contribution is 0.633. The van der Waals surface area contributed by atoms with Gasteiger partial charge in [0.05, 0.1) is 40.8 Å². The molecule has 0 saturated carbocycles. The number of nitrogens with one attached hydrogen (secondary N) is 3. The number of aryl methyl sites for hydroxylation is 1. The van der Waals surface area contributed by atoms with Crippen molar-refractivity contribution in [1.82, 2.24) is 25.3 Å². The van der Waals surface area contributed by atoms with Gasteiger partial charge >= 0.3 is 0 Å². The predicted molar refractivity (Wildman–Crippen MR) is 117 cm³/mol. The topological polar surface area (TPSA) is 78.5 Å².